The van der Waals surface area contributed by atoms with Crippen LogP contribution in [0.5, 0.6) is 0 Å². The number of carbonyl (C=O) groups is 2. The summed E-state index contributed by atoms with van der Waals surface area (Å²) in [5, 5.41) is 2.96. The van der Waals surface area contributed by atoms with Gasteiger partial charge in [-0.05, 0) is 35.7 Å². The van der Waals surface area contributed by atoms with Gasteiger partial charge in [0, 0.05) is 24.7 Å². The van der Waals surface area contributed by atoms with E-state index in [-0.39, 0.29) is 11.8 Å². The van der Waals surface area contributed by atoms with Gasteiger partial charge in [-0.3, -0.25) is 9.59 Å². The summed E-state index contributed by atoms with van der Waals surface area (Å²) in [6.45, 7) is 4.24. The second-order valence-electron chi connectivity index (χ2n) is 6.31. The highest BCUT2D eigenvalue weighted by Crippen LogP contribution is 2.24. The molecule has 4 nitrogen and oxygen atoms in total. The van der Waals surface area contributed by atoms with Crippen LogP contribution in [-0.2, 0) is 4.79 Å². The predicted octanol–water partition coefficient (Wildman–Crippen LogP) is 4.24. The van der Waals surface area contributed by atoms with E-state index < -0.39 is 0 Å². The van der Waals surface area contributed by atoms with Gasteiger partial charge < -0.3 is 10.2 Å². The first-order valence-corrected chi connectivity index (χ1v) is 9.20. The van der Waals surface area contributed by atoms with E-state index >= 15 is 0 Å². The number of benzene rings is 2. The quantitative estimate of drug-likeness (QED) is 0.788. The van der Waals surface area contributed by atoms with Crippen LogP contribution in [0, 0.1) is 0 Å². The van der Waals surface area contributed by atoms with E-state index in [0.717, 1.165) is 10.6 Å². The summed E-state index contributed by atoms with van der Waals surface area (Å²) in [5.74, 6) is 0.558. The Hall–Kier alpha value is -2.27. The molecule has 0 saturated heterocycles. The average Bonchev–Trinajstić information content (AvgIpc) is 2.59. The monoisotopic (exact) mass is 356 g/mol. The van der Waals surface area contributed by atoms with Crippen molar-refractivity contribution in [2.75, 3.05) is 25.2 Å². The lowest BCUT2D eigenvalue weighted by Gasteiger charge is -2.13. The Morgan fingerprint density at radius 3 is 2.48 bits per heavy atom. The van der Waals surface area contributed by atoms with E-state index in [2.05, 4.69) is 25.2 Å². The molecule has 2 aromatic carbocycles. The van der Waals surface area contributed by atoms with Crippen molar-refractivity contribution in [3.05, 3.63) is 59.7 Å². The van der Waals surface area contributed by atoms with Crippen molar-refractivity contribution in [3.63, 3.8) is 0 Å². The van der Waals surface area contributed by atoms with Gasteiger partial charge in [0.05, 0.1) is 11.3 Å². The molecule has 2 rings (SSSR count). The summed E-state index contributed by atoms with van der Waals surface area (Å²) in [5.41, 5.74) is 2.53. The van der Waals surface area contributed by atoms with Gasteiger partial charge in [-0.25, -0.2) is 0 Å². The van der Waals surface area contributed by atoms with Crippen LogP contribution in [-0.4, -0.2) is 36.6 Å². The third kappa shape index (κ3) is 5.36. The molecule has 0 aliphatic heterocycles. The van der Waals surface area contributed by atoms with Gasteiger partial charge in [-0.2, -0.15) is 0 Å². The Kier molecular flexibility index (Phi) is 6.65. The zero-order valence-corrected chi connectivity index (χ0v) is 15.9. The molecule has 0 spiro atoms. The number of amides is 2. The number of hydrogen-bond donors (Lipinski definition) is 1. The fraction of sp³-hybridized carbons (Fsp3) is 0.300. The standard InChI is InChI=1S/C20H24N2O2S/c1-14(2)15-8-7-9-16(12-15)21-20(24)17-10-5-6-11-18(17)25-13-19(23)22(3)4/h5-12,14H,13H2,1-4H3,(H,21,24). The summed E-state index contributed by atoms with van der Waals surface area (Å²) >= 11 is 1.38. The highest BCUT2D eigenvalue weighted by Gasteiger charge is 2.14. The van der Waals surface area contributed by atoms with Gasteiger partial charge in [-0.1, -0.05) is 38.1 Å². The highest BCUT2D eigenvalue weighted by atomic mass is 32.2. The second kappa shape index (κ2) is 8.72. The van der Waals surface area contributed by atoms with Crippen molar-refractivity contribution in [2.45, 2.75) is 24.7 Å². The first-order valence-electron chi connectivity index (χ1n) is 8.21. The number of carbonyl (C=O) groups excluding carboxylic acids is 2. The van der Waals surface area contributed by atoms with Crippen molar-refractivity contribution in [2.24, 2.45) is 0 Å². The van der Waals surface area contributed by atoms with E-state index in [1.807, 2.05) is 36.4 Å². The van der Waals surface area contributed by atoms with Crippen molar-refractivity contribution < 1.29 is 9.59 Å². The maximum Gasteiger partial charge on any atom is 0.256 e. The van der Waals surface area contributed by atoms with E-state index in [9.17, 15) is 9.59 Å². The van der Waals surface area contributed by atoms with Crippen LogP contribution in [0.25, 0.3) is 0 Å². The number of nitrogens with zero attached hydrogens (tertiary/aromatic N) is 1. The molecule has 2 aromatic rings. The first kappa shape index (κ1) is 19.1. The molecule has 25 heavy (non-hydrogen) atoms. The normalized spacial score (nSPS) is 10.6. The van der Waals surface area contributed by atoms with Crippen LogP contribution in [0.4, 0.5) is 5.69 Å². The number of hydrogen-bond acceptors (Lipinski definition) is 3. The molecule has 5 heteroatoms. The fourth-order valence-corrected chi connectivity index (χ4v) is 3.25. The second-order valence-corrected chi connectivity index (χ2v) is 7.32. The molecule has 0 unspecified atom stereocenters. The smallest absolute Gasteiger partial charge is 0.256 e. The van der Waals surface area contributed by atoms with Crippen molar-refractivity contribution in [3.8, 4) is 0 Å². The largest absolute Gasteiger partial charge is 0.348 e. The van der Waals surface area contributed by atoms with Gasteiger partial charge in [0.1, 0.15) is 0 Å². The molecule has 132 valence electrons. The minimum atomic E-state index is -0.165. The number of thioether (sulfide) groups is 1. The van der Waals surface area contributed by atoms with Gasteiger partial charge in [0.25, 0.3) is 5.91 Å². The minimum Gasteiger partial charge on any atom is -0.348 e. The lowest BCUT2D eigenvalue weighted by molar-refractivity contribution is -0.125. The summed E-state index contributed by atoms with van der Waals surface area (Å²) in [7, 11) is 3.45. The highest BCUT2D eigenvalue weighted by molar-refractivity contribution is 8.00. The molecule has 0 aromatic heterocycles. The van der Waals surface area contributed by atoms with E-state index in [1.54, 1.807) is 25.1 Å². The predicted molar refractivity (Wildman–Crippen MR) is 104 cm³/mol. The van der Waals surface area contributed by atoms with Gasteiger partial charge in [0.2, 0.25) is 5.91 Å². The average molecular weight is 356 g/mol. The molecule has 0 saturated carbocycles. The molecule has 2 amide bonds. The zero-order chi connectivity index (χ0) is 18.4. The third-order valence-electron chi connectivity index (χ3n) is 3.79. The minimum absolute atomic E-state index is 0.0184. The molecule has 0 fully saturated rings. The Balaban J connectivity index is 2.14. The summed E-state index contributed by atoms with van der Waals surface area (Å²) in [6.07, 6.45) is 0. The molecular weight excluding hydrogens is 332 g/mol. The molecule has 0 aliphatic rings. The Morgan fingerprint density at radius 2 is 1.80 bits per heavy atom. The summed E-state index contributed by atoms with van der Waals surface area (Å²) in [4.78, 5) is 26.8. The summed E-state index contributed by atoms with van der Waals surface area (Å²) < 4.78 is 0. The van der Waals surface area contributed by atoms with Gasteiger partial charge in [-0.15, -0.1) is 11.8 Å². The lowest BCUT2D eigenvalue weighted by Crippen LogP contribution is -2.23. The van der Waals surface area contributed by atoms with Crippen molar-refractivity contribution in [1.82, 2.24) is 4.90 Å². The van der Waals surface area contributed by atoms with Crippen LogP contribution < -0.4 is 5.32 Å². The molecule has 0 bridgehead atoms. The molecule has 0 aliphatic carbocycles. The van der Waals surface area contributed by atoms with Crippen LogP contribution in [0.1, 0.15) is 35.7 Å². The summed E-state index contributed by atoms with van der Waals surface area (Å²) in [6, 6.07) is 15.2. The first-order chi connectivity index (χ1) is 11.9. The van der Waals surface area contributed by atoms with Crippen molar-refractivity contribution >= 4 is 29.3 Å². The molecule has 0 atom stereocenters. The molecular formula is C20H24N2O2S. The lowest BCUT2D eigenvalue weighted by atomic mass is 10.0. The van der Waals surface area contributed by atoms with Crippen LogP contribution in [0.2, 0.25) is 0 Å². The third-order valence-corrected chi connectivity index (χ3v) is 4.85. The molecule has 1 N–H and O–H groups in total. The number of anilines is 1. The van der Waals surface area contributed by atoms with E-state index in [0.29, 0.717) is 17.2 Å². The van der Waals surface area contributed by atoms with Crippen LogP contribution in [0.3, 0.4) is 0 Å². The van der Waals surface area contributed by atoms with Gasteiger partial charge >= 0.3 is 0 Å². The molecule has 0 radical (unpaired) electrons. The van der Waals surface area contributed by atoms with Crippen LogP contribution >= 0.6 is 11.8 Å². The van der Waals surface area contributed by atoms with Crippen LogP contribution in [0.15, 0.2) is 53.4 Å². The molecule has 0 heterocycles. The maximum absolute atomic E-state index is 12.7. The SMILES string of the molecule is CC(C)c1cccc(NC(=O)c2ccccc2SCC(=O)N(C)C)c1. The Labute approximate surface area is 153 Å². The van der Waals surface area contributed by atoms with E-state index in [1.165, 1.54) is 17.3 Å². The Bertz CT molecular complexity index is 757. The fourth-order valence-electron chi connectivity index (χ4n) is 2.22. The Morgan fingerprint density at radius 1 is 1.08 bits per heavy atom. The maximum atomic E-state index is 12.7. The topological polar surface area (TPSA) is 49.4 Å². The van der Waals surface area contributed by atoms with E-state index in [4.69, 9.17) is 0 Å². The number of rotatable bonds is 6. The number of nitrogens with one attached hydrogen (secondary N) is 1. The van der Waals surface area contributed by atoms with Gasteiger partial charge in [0.15, 0.2) is 0 Å². The zero-order valence-electron chi connectivity index (χ0n) is 15.1. The van der Waals surface area contributed by atoms with Crippen molar-refractivity contribution in [1.29, 1.82) is 0 Å².